The van der Waals surface area contributed by atoms with Gasteiger partial charge >= 0.3 is 0 Å². The van der Waals surface area contributed by atoms with Crippen molar-refractivity contribution < 1.29 is 4.79 Å². The van der Waals surface area contributed by atoms with Crippen molar-refractivity contribution in [2.24, 2.45) is 5.41 Å². The number of nitrogens with zero attached hydrogens (tertiary/aromatic N) is 1. The molecule has 5 heteroatoms. The minimum absolute atomic E-state index is 0.194. The van der Waals surface area contributed by atoms with Crippen LogP contribution in [-0.4, -0.2) is 24.0 Å². The van der Waals surface area contributed by atoms with E-state index < -0.39 is 0 Å². The number of thiazole rings is 1. The highest BCUT2D eigenvalue weighted by Gasteiger charge is 2.38. The molecule has 0 bridgehead atoms. The Morgan fingerprint density at radius 2 is 2.40 bits per heavy atom. The molecule has 1 saturated heterocycles. The van der Waals surface area contributed by atoms with Crippen LogP contribution in [0.1, 0.15) is 49.4 Å². The van der Waals surface area contributed by atoms with Gasteiger partial charge in [-0.25, -0.2) is 4.98 Å². The van der Waals surface area contributed by atoms with Gasteiger partial charge in [-0.2, -0.15) is 0 Å². The van der Waals surface area contributed by atoms with Crippen molar-refractivity contribution in [3.63, 3.8) is 0 Å². The summed E-state index contributed by atoms with van der Waals surface area (Å²) in [6, 6.07) is 0. The predicted molar refractivity (Wildman–Crippen MR) is 82.8 cm³/mol. The zero-order chi connectivity index (χ0) is 14.4. The van der Waals surface area contributed by atoms with Gasteiger partial charge in [0, 0.05) is 17.6 Å². The molecule has 2 rings (SSSR count). The third-order valence-electron chi connectivity index (χ3n) is 4.03. The van der Waals surface area contributed by atoms with E-state index in [4.69, 9.17) is 0 Å². The molecule has 0 aliphatic carbocycles. The Labute approximate surface area is 125 Å². The number of aromatic nitrogens is 1. The van der Waals surface area contributed by atoms with E-state index in [1.165, 1.54) is 4.88 Å². The number of piperidine rings is 1. The first-order chi connectivity index (χ1) is 9.70. The number of carbonyl (C=O) groups is 1. The summed E-state index contributed by atoms with van der Waals surface area (Å²) >= 11 is 1.69. The van der Waals surface area contributed by atoms with Crippen LogP contribution in [0.2, 0.25) is 0 Å². The molecule has 2 N–H and O–H groups in total. The highest BCUT2D eigenvalue weighted by atomic mass is 32.1. The van der Waals surface area contributed by atoms with Crippen LogP contribution in [0.5, 0.6) is 0 Å². The van der Waals surface area contributed by atoms with Crippen LogP contribution in [0, 0.1) is 5.41 Å². The summed E-state index contributed by atoms with van der Waals surface area (Å²) in [6.45, 7) is 6.68. The topological polar surface area (TPSA) is 54.0 Å². The highest BCUT2D eigenvalue weighted by Crippen LogP contribution is 2.32. The van der Waals surface area contributed by atoms with Crippen molar-refractivity contribution >= 4 is 17.2 Å². The number of nitrogens with one attached hydrogen (secondary N) is 2. The van der Waals surface area contributed by atoms with Crippen LogP contribution < -0.4 is 10.6 Å². The van der Waals surface area contributed by atoms with Gasteiger partial charge in [-0.1, -0.05) is 20.3 Å². The number of rotatable bonds is 6. The second-order valence-electron chi connectivity index (χ2n) is 5.57. The number of hydrogen-bond acceptors (Lipinski definition) is 4. The Morgan fingerprint density at radius 3 is 3.00 bits per heavy atom. The maximum atomic E-state index is 12.6. The zero-order valence-corrected chi connectivity index (χ0v) is 13.3. The first kappa shape index (κ1) is 15.4. The Kier molecular flexibility index (Phi) is 5.54. The predicted octanol–water partition coefficient (Wildman–Crippen LogP) is 2.49. The van der Waals surface area contributed by atoms with Crippen LogP contribution >= 0.6 is 11.3 Å². The fourth-order valence-electron chi connectivity index (χ4n) is 2.90. The quantitative estimate of drug-likeness (QED) is 0.848. The second-order valence-corrected chi connectivity index (χ2v) is 6.77. The largest absolute Gasteiger partial charge is 0.349 e. The molecule has 1 amide bonds. The number of hydrogen-bond donors (Lipinski definition) is 2. The lowest BCUT2D eigenvalue weighted by molar-refractivity contribution is -0.132. The molecular weight excluding hydrogens is 270 g/mol. The van der Waals surface area contributed by atoms with Crippen LogP contribution in [-0.2, 0) is 17.8 Å². The summed E-state index contributed by atoms with van der Waals surface area (Å²) in [5.74, 6) is 0.194. The van der Waals surface area contributed by atoms with Crippen LogP contribution in [0.15, 0.2) is 6.20 Å². The molecule has 20 heavy (non-hydrogen) atoms. The van der Waals surface area contributed by atoms with Crippen LogP contribution in [0.4, 0.5) is 0 Å². The molecule has 1 aromatic rings. The monoisotopic (exact) mass is 295 g/mol. The normalized spacial score (nSPS) is 22.7. The third kappa shape index (κ3) is 3.58. The van der Waals surface area contributed by atoms with E-state index in [-0.39, 0.29) is 11.3 Å². The van der Waals surface area contributed by atoms with E-state index in [0.717, 1.165) is 50.2 Å². The Balaban J connectivity index is 1.94. The Bertz CT molecular complexity index is 433. The molecule has 0 saturated carbocycles. The Hall–Kier alpha value is -0.940. The van der Waals surface area contributed by atoms with Gasteiger partial charge in [0.2, 0.25) is 5.91 Å². The number of amides is 1. The number of aryl methyl sites for hydroxylation is 1. The molecular formula is C15H25N3OS. The molecule has 0 radical (unpaired) electrons. The molecule has 1 unspecified atom stereocenters. The maximum absolute atomic E-state index is 12.6. The summed E-state index contributed by atoms with van der Waals surface area (Å²) in [5.41, 5.74) is -0.210. The van der Waals surface area contributed by atoms with Crippen molar-refractivity contribution in [2.45, 2.75) is 52.5 Å². The molecule has 0 spiro atoms. The zero-order valence-electron chi connectivity index (χ0n) is 12.5. The van der Waals surface area contributed by atoms with Gasteiger partial charge in [0.15, 0.2) is 0 Å². The summed E-state index contributed by atoms with van der Waals surface area (Å²) in [6.07, 6.45) is 7.02. The standard InChI is InChI=1S/C15H25N3OS/c1-3-6-15(7-5-8-16-11-15)14(19)18-10-13-17-9-12(4-2)20-13/h9,16H,3-8,10-11H2,1-2H3,(H,18,19). The molecule has 1 aliphatic heterocycles. The Morgan fingerprint density at radius 1 is 1.55 bits per heavy atom. The van der Waals surface area contributed by atoms with Gasteiger partial charge in [-0.05, 0) is 32.2 Å². The minimum Gasteiger partial charge on any atom is -0.349 e. The fraction of sp³-hybridized carbons (Fsp3) is 0.733. The SMILES string of the molecule is CCCC1(C(=O)NCc2ncc(CC)s2)CCCNC1. The van der Waals surface area contributed by atoms with Gasteiger partial charge in [0.05, 0.1) is 12.0 Å². The highest BCUT2D eigenvalue weighted by molar-refractivity contribution is 7.11. The van der Waals surface area contributed by atoms with Gasteiger partial charge in [-0.15, -0.1) is 11.3 Å². The number of carbonyl (C=O) groups excluding carboxylic acids is 1. The summed E-state index contributed by atoms with van der Waals surface area (Å²) in [7, 11) is 0. The van der Waals surface area contributed by atoms with E-state index in [1.807, 2.05) is 6.20 Å². The summed E-state index contributed by atoms with van der Waals surface area (Å²) in [5, 5.41) is 7.48. The maximum Gasteiger partial charge on any atom is 0.227 e. The molecule has 1 fully saturated rings. The molecule has 0 aromatic carbocycles. The average Bonchev–Trinajstić information content (AvgIpc) is 2.94. The smallest absolute Gasteiger partial charge is 0.227 e. The van der Waals surface area contributed by atoms with E-state index in [0.29, 0.717) is 6.54 Å². The van der Waals surface area contributed by atoms with Gasteiger partial charge < -0.3 is 10.6 Å². The van der Waals surface area contributed by atoms with Crippen LogP contribution in [0.25, 0.3) is 0 Å². The lowest BCUT2D eigenvalue weighted by Crippen LogP contribution is -2.50. The molecule has 1 atom stereocenters. The fourth-order valence-corrected chi connectivity index (χ4v) is 3.71. The molecule has 2 heterocycles. The molecule has 1 aliphatic rings. The molecule has 112 valence electrons. The van der Waals surface area contributed by atoms with Crippen molar-refractivity contribution in [1.82, 2.24) is 15.6 Å². The second kappa shape index (κ2) is 7.18. The first-order valence-electron chi connectivity index (χ1n) is 7.63. The molecule has 4 nitrogen and oxygen atoms in total. The summed E-state index contributed by atoms with van der Waals surface area (Å²) < 4.78 is 0. The van der Waals surface area contributed by atoms with Gasteiger partial charge in [0.25, 0.3) is 0 Å². The average molecular weight is 295 g/mol. The lowest BCUT2D eigenvalue weighted by atomic mass is 9.76. The summed E-state index contributed by atoms with van der Waals surface area (Å²) in [4.78, 5) is 18.2. The van der Waals surface area contributed by atoms with E-state index >= 15 is 0 Å². The van der Waals surface area contributed by atoms with Gasteiger partial charge in [0.1, 0.15) is 5.01 Å². The lowest BCUT2D eigenvalue weighted by Gasteiger charge is -2.36. The van der Waals surface area contributed by atoms with Crippen molar-refractivity contribution in [3.8, 4) is 0 Å². The minimum atomic E-state index is -0.210. The van der Waals surface area contributed by atoms with Crippen molar-refractivity contribution in [1.29, 1.82) is 0 Å². The van der Waals surface area contributed by atoms with E-state index in [1.54, 1.807) is 11.3 Å². The van der Waals surface area contributed by atoms with E-state index in [2.05, 4.69) is 29.5 Å². The molecule has 1 aromatic heterocycles. The van der Waals surface area contributed by atoms with Crippen LogP contribution in [0.3, 0.4) is 0 Å². The van der Waals surface area contributed by atoms with Crippen molar-refractivity contribution in [2.75, 3.05) is 13.1 Å². The van der Waals surface area contributed by atoms with Crippen molar-refractivity contribution in [3.05, 3.63) is 16.1 Å². The first-order valence-corrected chi connectivity index (χ1v) is 8.44. The third-order valence-corrected chi connectivity index (χ3v) is 5.17. The van der Waals surface area contributed by atoms with Gasteiger partial charge in [-0.3, -0.25) is 4.79 Å². The van der Waals surface area contributed by atoms with E-state index in [9.17, 15) is 4.79 Å².